The maximum Gasteiger partial charge on any atom is 0.254 e. The van der Waals surface area contributed by atoms with Crippen molar-refractivity contribution >= 4 is 16.8 Å². The number of H-pyrrole nitrogens is 1. The van der Waals surface area contributed by atoms with Crippen LogP contribution in [0.15, 0.2) is 24.4 Å². The van der Waals surface area contributed by atoms with Crippen molar-refractivity contribution in [2.24, 2.45) is 0 Å². The van der Waals surface area contributed by atoms with Crippen molar-refractivity contribution in [1.82, 2.24) is 15.1 Å². The normalized spacial score (nSPS) is 23.2. The van der Waals surface area contributed by atoms with Gasteiger partial charge in [0, 0.05) is 17.5 Å². The molecular weight excluding hydrogens is 258 g/mol. The number of aromatic amines is 1. The lowest BCUT2D eigenvalue weighted by Crippen LogP contribution is -2.52. The Morgan fingerprint density at radius 3 is 3.25 bits per heavy atom. The van der Waals surface area contributed by atoms with Crippen LogP contribution in [0.3, 0.4) is 0 Å². The summed E-state index contributed by atoms with van der Waals surface area (Å²) in [5.41, 5.74) is 1.54. The highest BCUT2D eigenvalue weighted by atomic mass is 16.5. The van der Waals surface area contributed by atoms with Crippen LogP contribution in [0.1, 0.15) is 17.3 Å². The summed E-state index contributed by atoms with van der Waals surface area (Å²) >= 11 is 0. The molecular formula is C14H17N3O3. The van der Waals surface area contributed by atoms with Gasteiger partial charge in [0.25, 0.3) is 5.91 Å². The van der Waals surface area contributed by atoms with Gasteiger partial charge in [-0.05, 0) is 25.1 Å². The van der Waals surface area contributed by atoms with Crippen molar-refractivity contribution in [3.63, 3.8) is 0 Å². The number of morpholine rings is 1. The van der Waals surface area contributed by atoms with Crippen LogP contribution in [-0.4, -0.2) is 58.0 Å². The predicted octanol–water partition coefficient (Wildman–Crippen LogP) is 0.785. The summed E-state index contributed by atoms with van der Waals surface area (Å²) in [7, 11) is 0. The van der Waals surface area contributed by atoms with Gasteiger partial charge in [-0.25, -0.2) is 0 Å². The van der Waals surface area contributed by atoms with E-state index in [-0.39, 0.29) is 24.7 Å². The molecule has 0 aliphatic carbocycles. The summed E-state index contributed by atoms with van der Waals surface area (Å²) in [5, 5.41) is 16.9. The molecule has 1 amide bonds. The van der Waals surface area contributed by atoms with Crippen molar-refractivity contribution in [2.75, 3.05) is 19.8 Å². The number of hydrogen-bond acceptors (Lipinski definition) is 4. The van der Waals surface area contributed by atoms with E-state index in [1.54, 1.807) is 17.2 Å². The number of carbonyl (C=O) groups is 1. The maximum absolute atomic E-state index is 12.6. The number of aliphatic hydroxyl groups is 1. The number of nitrogens with zero attached hydrogens (tertiary/aromatic N) is 2. The van der Waals surface area contributed by atoms with E-state index < -0.39 is 0 Å². The van der Waals surface area contributed by atoms with E-state index in [1.807, 2.05) is 19.1 Å². The fourth-order valence-electron chi connectivity index (χ4n) is 2.45. The van der Waals surface area contributed by atoms with Crippen LogP contribution in [0.5, 0.6) is 0 Å². The van der Waals surface area contributed by atoms with Gasteiger partial charge in [-0.2, -0.15) is 5.10 Å². The molecule has 0 spiro atoms. The van der Waals surface area contributed by atoms with Gasteiger partial charge in [-0.1, -0.05) is 0 Å². The lowest BCUT2D eigenvalue weighted by atomic mass is 10.1. The number of hydrogen-bond donors (Lipinski definition) is 2. The first-order chi connectivity index (χ1) is 9.69. The summed E-state index contributed by atoms with van der Waals surface area (Å²) in [6.45, 7) is 2.74. The first kappa shape index (κ1) is 13.1. The molecule has 2 aromatic rings. The molecule has 3 rings (SSSR count). The third kappa shape index (κ3) is 2.28. The number of carbonyl (C=O) groups excluding carboxylic acids is 1. The third-order valence-electron chi connectivity index (χ3n) is 3.66. The Kier molecular flexibility index (Phi) is 3.42. The van der Waals surface area contributed by atoms with E-state index in [4.69, 9.17) is 4.74 Å². The van der Waals surface area contributed by atoms with Crippen molar-refractivity contribution < 1.29 is 14.6 Å². The Labute approximate surface area is 116 Å². The number of aliphatic hydroxyl groups excluding tert-OH is 1. The standard InChI is InChI=1S/C14H17N3O3/c1-9-8-20-12(7-18)6-17(9)14(19)10-2-3-13-11(4-10)5-15-16-13/h2-5,9,12,18H,6-8H2,1H3,(H,15,16). The van der Waals surface area contributed by atoms with Gasteiger partial charge in [-0.15, -0.1) is 0 Å². The zero-order chi connectivity index (χ0) is 14.1. The Hall–Kier alpha value is -1.92. The van der Waals surface area contributed by atoms with E-state index in [9.17, 15) is 9.90 Å². The highest BCUT2D eigenvalue weighted by Gasteiger charge is 2.29. The van der Waals surface area contributed by atoms with Crippen molar-refractivity contribution in [1.29, 1.82) is 0 Å². The molecule has 6 nitrogen and oxygen atoms in total. The minimum atomic E-state index is -0.298. The second-order valence-corrected chi connectivity index (χ2v) is 5.12. The van der Waals surface area contributed by atoms with Crippen molar-refractivity contribution in [2.45, 2.75) is 19.1 Å². The fourth-order valence-corrected chi connectivity index (χ4v) is 2.45. The molecule has 1 saturated heterocycles. The van der Waals surface area contributed by atoms with Crippen LogP contribution in [0, 0.1) is 0 Å². The predicted molar refractivity (Wildman–Crippen MR) is 73.4 cm³/mol. The van der Waals surface area contributed by atoms with Crippen LogP contribution >= 0.6 is 0 Å². The smallest absolute Gasteiger partial charge is 0.254 e. The van der Waals surface area contributed by atoms with Gasteiger partial charge in [-0.3, -0.25) is 9.89 Å². The second kappa shape index (κ2) is 5.22. The fraction of sp³-hybridized carbons (Fsp3) is 0.429. The van der Waals surface area contributed by atoms with Crippen molar-refractivity contribution in [3.8, 4) is 0 Å². The second-order valence-electron chi connectivity index (χ2n) is 5.12. The average molecular weight is 275 g/mol. The first-order valence-electron chi connectivity index (χ1n) is 6.65. The Balaban J connectivity index is 1.86. The van der Waals surface area contributed by atoms with Gasteiger partial charge in [0.05, 0.1) is 37.1 Å². The lowest BCUT2D eigenvalue weighted by Gasteiger charge is -2.37. The zero-order valence-electron chi connectivity index (χ0n) is 11.2. The summed E-state index contributed by atoms with van der Waals surface area (Å²) in [4.78, 5) is 14.4. The first-order valence-corrected chi connectivity index (χ1v) is 6.65. The molecule has 1 aliphatic rings. The summed E-state index contributed by atoms with van der Waals surface area (Å²) in [6.07, 6.45) is 1.40. The summed E-state index contributed by atoms with van der Waals surface area (Å²) in [6, 6.07) is 5.48. The minimum Gasteiger partial charge on any atom is -0.394 e. The Morgan fingerprint density at radius 2 is 2.45 bits per heavy atom. The van der Waals surface area contributed by atoms with E-state index >= 15 is 0 Å². The summed E-state index contributed by atoms with van der Waals surface area (Å²) < 4.78 is 5.45. The molecule has 1 aromatic carbocycles. The van der Waals surface area contributed by atoms with E-state index in [1.165, 1.54) is 0 Å². The van der Waals surface area contributed by atoms with Gasteiger partial charge in [0.2, 0.25) is 0 Å². The van der Waals surface area contributed by atoms with Crippen LogP contribution in [0.4, 0.5) is 0 Å². The number of ether oxygens (including phenoxy) is 1. The molecule has 6 heteroatoms. The highest BCUT2D eigenvalue weighted by molar-refractivity contribution is 5.98. The minimum absolute atomic E-state index is 0.00495. The van der Waals surface area contributed by atoms with Gasteiger partial charge >= 0.3 is 0 Å². The molecule has 2 unspecified atom stereocenters. The molecule has 2 atom stereocenters. The Bertz CT molecular complexity index is 625. The van der Waals surface area contributed by atoms with E-state index in [2.05, 4.69) is 10.2 Å². The topological polar surface area (TPSA) is 78.5 Å². The van der Waals surface area contributed by atoms with Crippen molar-refractivity contribution in [3.05, 3.63) is 30.0 Å². The molecule has 1 aromatic heterocycles. The van der Waals surface area contributed by atoms with Crippen LogP contribution in [0.25, 0.3) is 10.9 Å². The molecule has 0 radical (unpaired) electrons. The van der Waals surface area contributed by atoms with Crippen LogP contribution in [-0.2, 0) is 4.74 Å². The molecule has 0 bridgehead atoms. The monoisotopic (exact) mass is 275 g/mol. The molecule has 20 heavy (non-hydrogen) atoms. The lowest BCUT2D eigenvalue weighted by molar-refractivity contribution is -0.0667. The van der Waals surface area contributed by atoms with Gasteiger partial charge in [0.1, 0.15) is 0 Å². The van der Waals surface area contributed by atoms with E-state index in [0.717, 1.165) is 10.9 Å². The van der Waals surface area contributed by atoms with Gasteiger partial charge in [0.15, 0.2) is 0 Å². The zero-order valence-corrected chi connectivity index (χ0v) is 11.2. The Morgan fingerprint density at radius 1 is 1.60 bits per heavy atom. The maximum atomic E-state index is 12.6. The average Bonchev–Trinajstić information content (AvgIpc) is 2.94. The van der Waals surface area contributed by atoms with Gasteiger partial charge < -0.3 is 14.7 Å². The van der Waals surface area contributed by atoms with Crippen LogP contribution < -0.4 is 0 Å². The molecule has 1 fully saturated rings. The van der Waals surface area contributed by atoms with Crippen LogP contribution in [0.2, 0.25) is 0 Å². The molecule has 106 valence electrons. The number of amides is 1. The highest BCUT2D eigenvalue weighted by Crippen LogP contribution is 2.18. The molecule has 0 saturated carbocycles. The number of benzene rings is 1. The number of rotatable bonds is 2. The number of fused-ring (bicyclic) bond motifs is 1. The van der Waals surface area contributed by atoms with E-state index in [0.29, 0.717) is 18.7 Å². The molecule has 1 aliphatic heterocycles. The summed E-state index contributed by atoms with van der Waals surface area (Å²) in [5.74, 6) is -0.0395. The molecule has 2 heterocycles. The quantitative estimate of drug-likeness (QED) is 0.849. The SMILES string of the molecule is CC1COC(CO)CN1C(=O)c1ccc2[nH]ncc2c1. The third-order valence-corrected chi connectivity index (χ3v) is 3.66. The number of nitrogens with one attached hydrogen (secondary N) is 1. The largest absolute Gasteiger partial charge is 0.394 e. The molecule has 2 N–H and O–H groups in total. The number of aromatic nitrogens is 2.